The molecule has 9 heteroatoms. The molecule has 0 spiro atoms. The van der Waals surface area contributed by atoms with E-state index in [1.54, 1.807) is 48.4 Å². The van der Waals surface area contributed by atoms with Crippen molar-refractivity contribution in [3.05, 3.63) is 42.0 Å². The van der Waals surface area contributed by atoms with Crippen LogP contribution in [0.25, 0.3) is 0 Å². The van der Waals surface area contributed by atoms with Gasteiger partial charge >= 0.3 is 0 Å². The lowest BCUT2D eigenvalue weighted by Crippen LogP contribution is -2.44. The number of rotatable bonds is 10. The third-order valence-electron chi connectivity index (χ3n) is 4.96. The van der Waals surface area contributed by atoms with Crippen LogP contribution in [-0.4, -0.2) is 61.3 Å². The maximum atomic E-state index is 13.4. The number of thioether (sulfide) groups is 1. The van der Waals surface area contributed by atoms with Crippen molar-refractivity contribution in [2.24, 2.45) is 0 Å². The molecular formula is C24H30N2O6S. The van der Waals surface area contributed by atoms with Gasteiger partial charge in [-0.2, -0.15) is 0 Å². The smallest absolute Gasteiger partial charge is 0.255 e. The molecule has 3 rings (SSSR count). The van der Waals surface area contributed by atoms with Gasteiger partial charge in [-0.15, -0.1) is 11.8 Å². The molecular weight excluding hydrogens is 444 g/mol. The Balaban J connectivity index is 1.83. The maximum Gasteiger partial charge on any atom is 0.255 e. The minimum atomic E-state index is -0.595. The maximum absolute atomic E-state index is 13.4. The quantitative estimate of drug-likeness (QED) is 0.556. The van der Waals surface area contributed by atoms with Gasteiger partial charge in [0.1, 0.15) is 11.8 Å². The standard InChI is InChI=1S/C24H30N2O6S/c1-5-30-20-12-16(13-21(31-6-2)22(20)32-7-3)24(28)26-15-33-14-19(26)23(27)25-17-8-10-18(29-4)11-9-17/h8-13,19H,5-7,14-15H2,1-4H3,(H,25,27). The summed E-state index contributed by atoms with van der Waals surface area (Å²) in [6, 6.07) is 9.78. The van der Waals surface area contributed by atoms with Gasteiger partial charge < -0.3 is 29.2 Å². The Morgan fingerprint density at radius 1 is 1.00 bits per heavy atom. The molecule has 1 aliphatic rings. The molecule has 0 radical (unpaired) electrons. The molecule has 2 amide bonds. The van der Waals surface area contributed by atoms with Crippen molar-refractivity contribution >= 4 is 29.3 Å². The first-order valence-electron chi connectivity index (χ1n) is 10.9. The van der Waals surface area contributed by atoms with Crippen LogP contribution in [0.4, 0.5) is 5.69 Å². The van der Waals surface area contributed by atoms with E-state index in [0.717, 1.165) is 0 Å². The fourth-order valence-electron chi connectivity index (χ4n) is 3.44. The second kappa shape index (κ2) is 11.7. The number of anilines is 1. The van der Waals surface area contributed by atoms with Crippen LogP contribution >= 0.6 is 11.8 Å². The molecule has 0 aromatic heterocycles. The fourth-order valence-corrected chi connectivity index (χ4v) is 4.59. The lowest BCUT2D eigenvalue weighted by molar-refractivity contribution is -0.119. The largest absolute Gasteiger partial charge is 0.497 e. The highest BCUT2D eigenvalue weighted by Gasteiger charge is 2.36. The Hall–Kier alpha value is -3.07. The van der Waals surface area contributed by atoms with Crippen LogP contribution in [0, 0.1) is 0 Å². The van der Waals surface area contributed by atoms with Gasteiger partial charge in [-0.25, -0.2) is 0 Å². The van der Waals surface area contributed by atoms with Crippen molar-refractivity contribution in [2.75, 3.05) is 43.9 Å². The molecule has 0 saturated carbocycles. The van der Waals surface area contributed by atoms with Gasteiger partial charge in [0, 0.05) is 17.0 Å². The van der Waals surface area contributed by atoms with E-state index in [4.69, 9.17) is 18.9 Å². The number of benzene rings is 2. The minimum absolute atomic E-state index is 0.237. The van der Waals surface area contributed by atoms with Gasteiger partial charge in [-0.05, 0) is 57.2 Å². The highest BCUT2D eigenvalue weighted by atomic mass is 32.2. The van der Waals surface area contributed by atoms with E-state index in [0.29, 0.717) is 65.7 Å². The Morgan fingerprint density at radius 2 is 1.61 bits per heavy atom. The predicted octanol–water partition coefficient (Wildman–Crippen LogP) is 4.05. The summed E-state index contributed by atoms with van der Waals surface area (Å²) in [6.45, 7) is 6.86. The molecule has 0 aliphatic carbocycles. The molecule has 1 fully saturated rings. The number of nitrogens with one attached hydrogen (secondary N) is 1. The summed E-state index contributed by atoms with van der Waals surface area (Å²) in [6.07, 6.45) is 0. The molecule has 33 heavy (non-hydrogen) atoms. The number of methoxy groups -OCH3 is 1. The number of ether oxygens (including phenoxy) is 4. The normalized spacial score (nSPS) is 15.2. The Morgan fingerprint density at radius 3 is 2.15 bits per heavy atom. The van der Waals surface area contributed by atoms with Crippen molar-refractivity contribution in [1.29, 1.82) is 0 Å². The zero-order chi connectivity index (χ0) is 23.8. The van der Waals surface area contributed by atoms with E-state index in [-0.39, 0.29) is 11.8 Å². The van der Waals surface area contributed by atoms with Gasteiger partial charge in [0.25, 0.3) is 5.91 Å². The SMILES string of the molecule is CCOc1cc(C(=O)N2CSCC2C(=O)Nc2ccc(OC)cc2)cc(OCC)c1OCC. The molecule has 1 aliphatic heterocycles. The number of amides is 2. The fraction of sp³-hybridized carbons (Fsp3) is 0.417. The van der Waals surface area contributed by atoms with Crippen molar-refractivity contribution < 1.29 is 28.5 Å². The van der Waals surface area contributed by atoms with Crippen LogP contribution in [0.15, 0.2) is 36.4 Å². The van der Waals surface area contributed by atoms with Crippen molar-refractivity contribution in [2.45, 2.75) is 26.8 Å². The molecule has 2 aromatic carbocycles. The third-order valence-corrected chi connectivity index (χ3v) is 5.97. The second-order valence-electron chi connectivity index (χ2n) is 7.11. The number of hydrogen-bond acceptors (Lipinski definition) is 7. The number of carbonyl (C=O) groups is 2. The molecule has 1 heterocycles. The second-order valence-corrected chi connectivity index (χ2v) is 8.11. The van der Waals surface area contributed by atoms with Crippen LogP contribution in [0.5, 0.6) is 23.0 Å². The van der Waals surface area contributed by atoms with Gasteiger partial charge in [-0.1, -0.05) is 0 Å². The first-order valence-corrected chi connectivity index (χ1v) is 12.1. The Labute approximate surface area is 198 Å². The van der Waals surface area contributed by atoms with Crippen molar-refractivity contribution in [3.8, 4) is 23.0 Å². The molecule has 2 aromatic rings. The average Bonchev–Trinajstić information content (AvgIpc) is 3.31. The van der Waals surface area contributed by atoms with Crippen LogP contribution in [0.3, 0.4) is 0 Å². The summed E-state index contributed by atoms with van der Waals surface area (Å²) < 4.78 is 22.3. The summed E-state index contributed by atoms with van der Waals surface area (Å²) in [7, 11) is 1.58. The Kier molecular flexibility index (Phi) is 8.71. The molecule has 8 nitrogen and oxygen atoms in total. The van der Waals surface area contributed by atoms with Gasteiger partial charge in [-0.3, -0.25) is 9.59 Å². The molecule has 0 bridgehead atoms. The van der Waals surface area contributed by atoms with Crippen LogP contribution in [-0.2, 0) is 4.79 Å². The molecule has 1 N–H and O–H groups in total. The summed E-state index contributed by atoms with van der Waals surface area (Å²) in [5, 5.41) is 2.89. The zero-order valence-corrected chi connectivity index (χ0v) is 20.2. The van der Waals surface area contributed by atoms with E-state index < -0.39 is 6.04 Å². The number of carbonyl (C=O) groups excluding carboxylic acids is 2. The first kappa shape index (κ1) is 24.6. The topological polar surface area (TPSA) is 86.3 Å². The zero-order valence-electron chi connectivity index (χ0n) is 19.4. The number of hydrogen-bond donors (Lipinski definition) is 1. The lowest BCUT2D eigenvalue weighted by atomic mass is 10.1. The summed E-state index contributed by atoms with van der Waals surface area (Å²) in [5.74, 6) is 2.50. The highest BCUT2D eigenvalue weighted by Crippen LogP contribution is 2.40. The third kappa shape index (κ3) is 5.84. The highest BCUT2D eigenvalue weighted by molar-refractivity contribution is 7.99. The monoisotopic (exact) mass is 474 g/mol. The van der Waals surface area contributed by atoms with Gasteiger partial charge in [0.15, 0.2) is 11.5 Å². The van der Waals surface area contributed by atoms with E-state index in [1.807, 2.05) is 20.8 Å². The summed E-state index contributed by atoms with van der Waals surface area (Å²) in [5.41, 5.74) is 1.03. The summed E-state index contributed by atoms with van der Waals surface area (Å²) >= 11 is 1.54. The van der Waals surface area contributed by atoms with E-state index in [1.165, 1.54) is 11.8 Å². The average molecular weight is 475 g/mol. The van der Waals surface area contributed by atoms with Crippen LogP contribution in [0.1, 0.15) is 31.1 Å². The predicted molar refractivity (Wildman–Crippen MR) is 129 cm³/mol. The first-order chi connectivity index (χ1) is 16.0. The van der Waals surface area contributed by atoms with Gasteiger partial charge in [0.2, 0.25) is 11.7 Å². The Bertz CT molecular complexity index is 939. The van der Waals surface area contributed by atoms with E-state index in [2.05, 4.69) is 5.32 Å². The molecule has 178 valence electrons. The van der Waals surface area contributed by atoms with Crippen LogP contribution < -0.4 is 24.3 Å². The lowest BCUT2D eigenvalue weighted by Gasteiger charge is -2.24. The van der Waals surface area contributed by atoms with Crippen molar-refractivity contribution in [3.63, 3.8) is 0 Å². The van der Waals surface area contributed by atoms with E-state index in [9.17, 15) is 9.59 Å². The van der Waals surface area contributed by atoms with Crippen LogP contribution in [0.2, 0.25) is 0 Å². The molecule has 1 unspecified atom stereocenters. The summed E-state index contributed by atoms with van der Waals surface area (Å²) in [4.78, 5) is 28.0. The molecule has 1 atom stereocenters. The number of nitrogens with zero attached hydrogens (tertiary/aromatic N) is 1. The van der Waals surface area contributed by atoms with Crippen molar-refractivity contribution in [1.82, 2.24) is 4.90 Å². The minimum Gasteiger partial charge on any atom is -0.497 e. The van der Waals surface area contributed by atoms with Gasteiger partial charge in [0.05, 0.1) is 32.8 Å². The van der Waals surface area contributed by atoms with E-state index >= 15 is 0 Å². The molecule has 1 saturated heterocycles.